The Hall–Kier alpha value is -0.200. The fraction of sp³-hybridized carbons (Fsp3) is 0.545. The van der Waals surface area contributed by atoms with Crippen LogP contribution >= 0.6 is 22.6 Å². The van der Waals surface area contributed by atoms with Gasteiger partial charge >= 0.3 is 0 Å². The number of nitrogens with zero attached hydrogens (tertiary/aromatic N) is 3. The van der Waals surface area contributed by atoms with Gasteiger partial charge in [0.1, 0.15) is 3.70 Å². The Kier molecular flexibility index (Phi) is 3.93. The normalized spacial score (nSPS) is 19.3. The van der Waals surface area contributed by atoms with Crippen LogP contribution < -0.4 is 0 Å². The number of hydrogen-bond donors (Lipinski definition) is 0. The van der Waals surface area contributed by atoms with Gasteiger partial charge in [0.15, 0.2) is 0 Å². The summed E-state index contributed by atoms with van der Waals surface area (Å²) in [7, 11) is 2.19. The molecule has 15 heavy (non-hydrogen) atoms. The van der Waals surface area contributed by atoms with Crippen LogP contribution in [0.25, 0.3) is 0 Å². The zero-order valence-electron chi connectivity index (χ0n) is 8.99. The highest BCUT2D eigenvalue weighted by molar-refractivity contribution is 14.1. The molecule has 0 unspecified atom stereocenters. The summed E-state index contributed by atoms with van der Waals surface area (Å²) >= 11 is 2.27. The highest BCUT2D eigenvalue weighted by atomic mass is 127. The maximum atomic E-state index is 4.20. The summed E-state index contributed by atoms with van der Waals surface area (Å²) in [6, 6.07) is 4.28. The van der Waals surface area contributed by atoms with E-state index in [9.17, 15) is 0 Å². The summed E-state index contributed by atoms with van der Waals surface area (Å²) in [5.41, 5.74) is 1.37. The molecule has 0 N–H and O–H groups in total. The van der Waals surface area contributed by atoms with Gasteiger partial charge in [0.25, 0.3) is 0 Å². The van der Waals surface area contributed by atoms with Crippen molar-refractivity contribution in [3.8, 4) is 0 Å². The van der Waals surface area contributed by atoms with Crippen molar-refractivity contribution in [2.45, 2.75) is 6.54 Å². The number of pyridine rings is 1. The zero-order valence-corrected chi connectivity index (χ0v) is 11.1. The third kappa shape index (κ3) is 3.39. The van der Waals surface area contributed by atoms with Crippen molar-refractivity contribution in [3.05, 3.63) is 27.6 Å². The number of halogens is 1. The maximum Gasteiger partial charge on any atom is 0.101 e. The second-order valence-electron chi connectivity index (χ2n) is 4.07. The molecule has 0 aliphatic carbocycles. The van der Waals surface area contributed by atoms with Gasteiger partial charge in [0.2, 0.25) is 0 Å². The molecule has 0 spiro atoms. The van der Waals surface area contributed by atoms with Gasteiger partial charge in [-0.1, -0.05) is 0 Å². The summed E-state index contributed by atoms with van der Waals surface area (Å²) in [5.74, 6) is 0. The van der Waals surface area contributed by atoms with Gasteiger partial charge in [-0.05, 0) is 47.3 Å². The third-order valence-electron chi connectivity index (χ3n) is 2.79. The van der Waals surface area contributed by atoms with Crippen LogP contribution in [0, 0.1) is 3.70 Å². The molecule has 0 aromatic carbocycles. The SMILES string of the molecule is CN1CCN(Cc2ccnc(I)c2)CC1. The minimum atomic E-state index is 1.06. The van der Waals surface area contributed by atoms with Crippen molar-refractivity contribution < 1.29 is 0 Å². The number of piperazine rings is 1. The summed E-state index contributed by atoms with van der Waals surface area (Å²) in [4.78, 5) is 9.09. The van der Waals surface area contributed by atoms with Crippen molar-refractivity contribution in [1.29, 1.82) is 0 Å². The third-order valence-corrected chi connectivity index (χ3v) is 3.38. The first-order valence-electron chi connectivity index (χ1n) is 5.25. The molecule has 82 valence electrons. The molecule has 4 heteroatoms. The Labute approximate surface area is 105 Å². The molecule has 0 atom stereocenters. The Morgan fingerprint density at radius 1 is 1.33 bits per heavy atom. The molecule has 1 aromatic heterocycles. The average molecular weight is 317 g/mol. The van der Waals surface area contributed by atoms with Crippen molar-refractivity contribution in [1.82, 2.24) is 14.8 Å². The summed E-state index contributed by atoms with van der Waals surface area (Å²) in [5, 5.41) is 0. The molecule has 1 aromatic rings. The number of rotatable bonds is 2. The second-order valence-corrected chi connectivity index (χ2v) is 5.17. The van der Waals surface area contributed by atoms with E-state index in [2.05, 4.69) is 56.6 Å². The number of likely N-dealkylation sites (N-methyl/N-ethyl adjacent to an activating group) is 1. The van der Waals surface area contributed by atoms with Gasteiger partial charge in [0, 0.05) is 38.9 Å². The van der Waals surface area contributed by atoms with Gasteiger partial charge in [-0.2, -0.15) is 0 Å². The van der Waals surface area contributed by atoms with E-state index in [0.29, 0.717) is 0 Å². The topological polar surface area (TPSA) is 19.4 Å². The molecule has 0 radical (unpaired) electrons. The minimum Gasteiger partial charge on any atom is -0.304 e. The van der Waals surface area contributed by atoms with Crippen LogP contribution in [0.4, 0.5) is 0 Å². The van der Waals surface area contributed by atoms with E-state index in [1.807, 2.05) is 6.20 Å². The van der Waals surface area contributed by atoms with Crippen LogP contribution in [0.3, 0.4) is 0 Å². The Morgan fingerprint density at radius 2 is 2.07 bits per heavy atom. The van der Waals surface area contributed by atoms with E-state index in [1.54, 1.807) is 0 Å². The summed E-state index contributed by atoms with van der Waals surface area (Å²) in [6.07, 6.45) is 1.90. The molecule has 1 aliphatic rings. The molecule has 1 fully saturated rings. The molecule has 1 aliphatic heterocycles. The lowest BCUT2D eigenvalue weighted by atomic mass is 10.2. The van der Waals surface area contributed by atoms with E-state index in [1.165, 1.54) is 31.7 Å². The Balaban J connectivity index is 1.92. The molecular formula is C11H16IN3. The fourth-order valence-corrected chi connectivity index (χ4v) is 2.37. The van der Waals surface area contributed by atoms with E-state index in [0.717, 1.165) is 10.2 Å². The van der Waals surface area contributed by atoms with Gasteiger partial charge in [-0.3, -0.25) is 9.88 Å². The lowest BCUT2D eigenvalue weighted by molar-refractivity contribution is 0.148. The zero-order chi connectivity index (χ0) is 10.7. The van der Waals surface area contributed by atoms with Gasteiger partial charge in [-0.15, -0.1) is 0 Å². The van der Waals surface area contributed by atoms with Crippen LogP contribution in [-0.4, -0.2) is 48.0 Å². The molecule has 0 bridgehead atoms. The molecular weight excluding hydrogens is 301 g/mol. The molecule has 0 saturated carbocycles. The van der Waals surface area contributed by atoms with Gasteiger partial charge in [0.05, 0.1) is 0 Å². The van der Waals surface area contributed by atoms with Gasteiger partial charge in [-0.25, -0.2) is 0 Å². The number of aromatic nitrogens is 1. The van der Waals surface area contributed by atoms with Crippen LogP contribution in [-0.2, 0) is 6.54 Å². The smallest absolute Gasteiger partial charge is 0.101 e. The molecule has 2 heterocycles. The Bertz CT molecular complexity index is 321. The quantitative estimate of drug-likeness (QED) is 0.608. The van der Waals surface area contributed by atoms with Crippen molar-refractivity contribution in [2.75, 3.05) is 33.2 Å². The largest absolute Gasteiger partial charge is 0.304 e. The predicted molar refractivity (Wildman–Crippen MR) is 69.7 cm³/mol. The first kappa shape index (κ1) is 11.3. The standard InChI is InChI=1S/C11H16IN3/c1-14-4-6-15(7-5-14)9-10-2-3-13-11(12)8-10/h2-3,8H,4-7,9H2,1H3. The van der Waals surface area contributed by atoms with Crippen LogP contribution in [0.5, 0.6) is 0 Å². The first-order chi connectivity index (χ1) is 7.24. The lowest BCUT2D eigenvalue weighted by Gasteiger charge is -2.32. The number of hydrogen-bond acceptors (Lipinski definition) is 3. The summed E-state index contributed by atoms with van der Waals surface area (Å²) < 4.78 is 1.08. The van der Waals surface area contributed by atoms with Crippen LogP contribution in [0.15, 0.2) is 18.3 Å². The second kappa shape index (κ2) is 5.23. The first-order valence-corrected chi connectivity index (χ1v) is 6.33. The highest BCUT2D eigenvalue weighted by Crippen LogP contribution is 2.09. The van der Waals surface area contributed by atoms with Crippen LogP contribution in [0.1, 0.15) is 5.56 Å². The van der Waals surface area contributed by atoms with Crippen molar-refractivity contribution in [3.63, 3.8) is 0 Å². The summed E-state index contributed by atoms with van der Waals surface area (Å²) in [6.45, 7) is 5.78. The van der Waals surface area contributed by atoms with Crippen LogP contribution in [0.2, 0.25) is 0 Å². The fourth-order valence-electron chi connectivity index (χ4n) is 1.81. The molecule has 1 saturated heterocycles. The van der Waals surface area contributed by atoms with E-state index in [-0.39, 0.29) is 0 Å². The average Bonchev–Trinajstić information content (AvgIpc) is 2.22. The lowest BCUT2D eigenvalue weighted by Crippen LogP contribution is -2.43. The van der Waals surface area contributed by atoms with E-state index in [4.69, 9.17) is 0 Å². The van der Waals surface area contributed by atoms with Gasteiger partial charge < -0.3 is 4.90 Å². The highest BCUT2D eigenvalue weighted by Gasteiger charge is 2.13. The van der Waals surface area contributed by atoms with E-state index < -0.39 is 0 Å². The van der Waals surface area contributed by atoms with Crippen molar-refractivity contribution in [2.24, 2.45) is 0 Å². The molecule has 2 rings (SSSR count). The monoisotopic (exact) mass is 317 g/mol. The molecule has 3 nitrogen and oxygen atoms in total. The predicted octanol–water partition coefficient (Wildman–Crippen LogP) is 1.43. The minimum absolute atomic E-state index is 1.06. The Morgan fingerprint density at radius 3 is 2.73 bits per heavy atom. The van der Waals surface area contributed by atoms with E-state index >= 15 is 0 Å². The van der Waals surface area contributed by atoms with Crippen molar-refractivity contribution >= 4 is 22.6 Å². The maximum absolute atomic E-state index is 4.20. The molecule has 0 amide bonds.